The van der Waals surface area contributed by atoms with Crippen LogP contribution in [0.4, 0.5) is 5.69 Å². The van der Waals surface area contributed by atoms with E-state index in [0.29, 0.717) is 43.8 Å². The number of ether oxygens (including phenoxy) is 2. The number of methoxy groups -OCH3 is 1. The molecule has 0 bridgehead atoms. The van der Waals surface area contributed by atoms with Crippen molar-refractivity contribution in [3.05, 3.63) is 52.7 Å². The molecule has 11 heteroatoms. The van der Waals surface area contributed by atoms with Gasteiger partial charge in [-0.25, -0.2) is 13.4 Å². The van der Waals surface area contributed by atoms with Gasteiger partial charge in [-0.15, -0.1) is 0 Å². The minimum atomic E-state index is -3.51. The zero-order valence-corrected chi connectivity index (χ0v) is 20.6. The second-order valence-electron chi connectivity index (χ2n) is 7.76. The Morgan fingerprint density at radius 3 is 2.52 bits per heavy atom. The molecule has 0 atom stereocenters. The lowest BCUT2D eigenvalue weighted by atomic mass is 10.2. The summed E-state index contributed by atoms with van der Waals surface area (Å²) < 4.78 is 39.7. The summed E-state index contributed by atoms with van der Waals surface area (Å²) in [5, 5.41) is 2.70. The van der Waals surface area contributed by atoms with Crippen molar-refractivity contribution in [2.75, 3.05) is 40.0 Å². The fourth-order valence-corrected chi connectivity index (χ4v) is 5.92. The largest absolute Gasteiger partial charge is 0.383 e. The molecule has 0 amide bonds. The van der Waals surface area contributed by atoms with Gasteiger partial charge in [0.1, 0.15) is 0 Å². The maximum absolute atomic E-state index is 12.8. The van der Waals surface area contributed by atoms with E-state index in [9.17, 15) is 8.42 Å². The van der Waals surface area contributed by atoms with Gasteiger partial charge in [0, 0.05) is 49.1 Å². The maximum Gasteiger partial charge on any atom is 0.243 e. The van der Waals surface area contributed by atoms with E-state index in [2.05, 4.69) is 40.3 Å². The molecule has 1 aromatic heterocycles. The van der Waals surface area contributed by atoms with Crippen LogP contribution in [0, 0.1) is 13.8 Å². The molecule has 1 saturated heterocycles. The molecule has 9 nitrogen and oxygen atoms in total. The predicted octanol–water partition coefficient (Wildman–Crippen LogP) is 2.60. The third-order valence-electron chi connectivity index (χ3n) is 5.65. The number of hydrazine groups is 1. The van der Waals surface area contributed by atoms with Crippen LogP contribution in [0.2, 0.25) is 0 Å². The second kappa shape index (κ2) is 10.3. The predicted molar refractivity (Wildman–Crippen MR) is 131 cm³/mol. The fraction of sp³-hybridized carbons (Fsp3) is 0.409. The zero-order valence-electron chi connectivity index (χ0n) is 19.0. The Labute approximate surface area is 198 Å². The van der Waals surface area contributed by atoms with E-state index < -0.39 is 10.0 Å². The molecule has 0 saturated carbocycles. The van der Waals surface area contributed by atoms with E-state index in [1.807, 2.05) is 5.41 Å². The number of aryl methyl sites for hydroxylation is 1. The smallest absolute Gasteiger partial charge is 0.243 e. The van der Waals surface area contributed by atoms with Gasteiger partial charge in [-0.1, -0.05) is 11.8 Å². The van der Waals surface area contributed by atoms with Crippen LogP contribution in [0.15, 0.2) is 45.6 Å². The van der Waals surface area contributed by atoms with Crippen molar-refractivity contribution in [3.8, 4) is 0 Å². The average molecular weight is 492 g/mol. The summed E-state index contributed by atoms with van der Waals surface area (Å²) in [5.41, 5.74) is 11.5. The number of aliphatic imine (C=N–C) groups is 1. The van der Waals surface area contributed by atoms with E-state index in [-0.39, 0.29) is 4.90 Å². The molecule has 2 aliphatic heterocycles. The van der Waals surface area contributed by atoms with Gasteiger partial charge < -0.3 is 14.0 Å². The summed E-state index contributed by atoms with van der Waals surface area (Å²) in [6.45, 7) is 7.27. The lowest BCUT2D eigenvalue weighted by molar-refractivity contribution is 0.0730. The quantitative estimate of drug-likeness (QED) is 0.615. The van der Waals surface area contributed by atoms with Gasteiger partial charge in [-0.05, 0) is 44.2 Å². The Balaban J connectivity index is 1.45. The minimum absolute atomic E-state index is 0.266. The monoisotopic (exact) mass is 491 g/mol. The Kier molecular flexibility index (Phi) is 7.45. The number of nitrogens with zero attached hydrogens (tertiary/aromatic N) is 3. The van der Waals surface area contributed by atoms with Crippen molar-refractivity contribution >= 4 is 38.3 Å². The molecule has 0 spiro atoms. The number of sulfonamides is 1. The van der Waals surface area contributed by atoms with Gasteiger partial charge in [0.25, 0.3) is 0 Å². The van der Waals surface area contributed by atoms with Gasteiger partial charge in [0.2, 0.25) is 10.0 Å². The standard InChI is InChI=1S/C22H29N5O4S2/c1-16-14-20(17(2)27(16)10-11-30-3)21-15-32-22(25-24-21)23-18-4-6-19(7-5-18)33(28,29)26-8-12-31-13-9-26/h4-7,14-15,24H,8-13H2,1-3H3,(H,23,25). The Bertz CT molecular complexity index is 1150. The van der Waals surface area contributed by atoms with Crippen molar-refractivity contribution in [1.29, 1.82) is 0 Å². The highest BCUT2D eigenvalue weighted by molar-refractivity contribution is 8.16. The Hall–Kier alpha value is -2.31. The van der Waals surface area contributed by atoms with Crippen molar-refractivity contribution < 1.29 is 17.9 Å². The summed E-state index contributed by atoms with van der Waals surface area (Å²) >= 11 is 1.48. The third kappa shape index (κ3) is 5.28. The molecule has 1 fully saturated rings. The zero-order chi connectivity index (χ0) is 23.4. The third-order valence-corrected chi connectivity index (χ3v) is 8.33. The van der Waals surface area contributed by atoms with Crippen molar-refractivity contribution in [2.45, 2.75) is 25.3 Å². The molecule has 0 radical (unpaired) electrons. The molecule has 2 aromatic rings. The first kappa shape index (κ1) is 23.8. The van der Waals surface area contributed by atoms with Gasteiger partial charge in [0.05, 0.1) is 36.1 Å². The van der Waals surface area contributed by atoms with Gasteiger partial charge in [-0.3, -0.25) is 10.9 Å². The molecule has 0 aliphatic carbocycles. The highest BCUT2D eigenvalue weighted by Crippen LogP contribution is 2.27. The summed E-state index contributed by atoms with van der Waals surface area (Å²) in [5.74, 6) is 0. The maximum atomic E-state index is 12.8. The molecule has 3 heterocycles. The molecule has 1 aromatic carbocycles. The molecule has 0 unspecified atom stereocenters. The van der Waals surface area contributed by atoms with Crippen LogP contribution >= 0.6 is 11.8 Å². The molecule has 178 valence electrons. The van der Waals surface area contributed by atoms with E-state index in [1.165, 1.54) is 27.5 Å². The number of morpholine rings is 1. The van der Waals surface area contributed by atoms with Crippen LogP contribution in [0.3, 0.4) is 0 Å². The highest BCUT2D eigenvalue weighted by Gasteiger charge is 2.26. The fourth-order valence-electron chi connectivity index (χ4n) is 3.83. The number of amidine groups is 1. The van der Waals surface area contributed by atoms with Crippen LogP contribution < -0.4 is 10.9 Å². The molecule has 2 N–H and O–H groups in total. The molecule has 4 rings (SSSR count). The number of nitrogens with one attached hydrogen (secondary N) is 2. The number of hydrogen-bond acceptors (Lipinski definition) is 7. The topological polar surface area (TPSA) is 97.2 Å². The van der Waals surface area contributed by atoms with Gasteiger partial charge in [0.15, 0.2) is 5.17 Å². The highest BCUT2D eigenvalue weighted by atomic mass is 32.2. The normalized spacial score (nSPS) is 18.6. The summed E-state index contributed by atoms with van der Waals surface area (Å²) in [4.78, 5) is 4.84. The van der Waals surface area contributed by atoms with Crippen LogP contribution in [0.5, 0.6) is 0 Å². The van der Waals surface area contributed by atoms with Crippen LogP contribution in [-0.4, -0.2) is 62.5 Å². The summed E-state index contributed by atoms with van der Waals surface area (Å²) in [6.07, 6.45) is 0. The molecular formula is C22H29N5O4S2. The van der Waals surface area contributed by atoms with Gasteiger partial charge >= 0.3 is 0 Å². The Morgan fingerprint density at radius 1 is 1.15 bits per heavy atom. The van der Waals surface area contributed by atoms with E-state index in [0.717, 1.165) is 17.8 Å². The van der Waals surface area contributed by atoms with Crippen LogP contribution in [0.1, 0.15) is 17.0 Å². The van der Waals surface area contributed by atoms with Crippen molar-refractivity contribution in [3.63, 3.8) is 0 Å². The SMILES string of the molecule is COCCn1c(C)cc(C2=CSC(=Nc3ccc(S(=O)(=O)N4CCOCC4)cc3)NN2)c1C. The number of thioether (sulfide) groups is 1. The lowest BCUT2D eigenvalue weighted by Crippen LogP contribution is -2.40. The summed E-state index contributed by atoms with van der Waals surface area (Å²) in [7, 11) is -1.80. The molecular weight excluding hydrogens is 462 g/mol. The van der Waals surface area contributed by atoms with E-state index in [4.69, 9.17) is 9.47 Å². The van der Waals surface area contributed by atoms with E-state index >= 15 is 0 Å². The van der Waals surface area contributed by atoms with Gasteiger partial charge in [-0.2, -0.15) is 4.31 Å². The van der Waals surface area contributed by atoms with E-state index in [1.54, 1.807) is 31.4 Å². The second-order valence-corrected chi connectivity index (χ2v) is 10.6. The first-order chi connectivity index (χ1) is 15.9. The van der Waals surface area contributed by atoms with Crippen molar-refractivity contribution in [2.24, 2.45) is 4.99 Å². The molecule has 2 aliphatic rings. The number of rotatable bonds is 7. The average Bonchev–Trinajstić information content (AvgIpc) is 3.12. The number of hydrogen-bond donors (Lipinski definition) is 2. The summed E-state index contributed by atoms with van der Waals surface area (Å²) in [6, 6.07) is 8.78. The number of benzene rings is 1. The van der Waals surface area contributed by atoms with Crippen LogP contribution in [0.25, 0.3) is 5.70 Å². The first-order valence-corrected chi connectivity index (χ1v) is 13.0. The first-order valence-electron chi connectivity index (χ1n) is 10.7. The van der Waals surface area contributed by atoms with Crippen LogP contribution in [-0.2, 0) is 26.0 Å². The van der Waals surface area contributed by atoms with Crippen molar-refractivity contribution in [1.82, 2.24) is 19.7 Å². The Morgan fingerprint density at radius 2 is 1.88 bits per heavy atom. The lowest BCUT2D eigenvalue weighted by Gasteiger charge is -2.26. The number of aromatic nitrogens is 1. The molecule has 33 heavy (non-hydrogen) atoms. The minimum Gasteiger partial charge on any atom is -0.383 e.